The molecule has 23 heavy (non-hydrogen) atoms. The molecule has 1 heterocycles. The summed E-state index contributed by atoms with van der Waals surface area (Å²) in [5, 5.41) is 10.4. The van der Waals surface area contributed by atoms with E-state index in [0.29, 0.717) is 5.56 Å². The molecule has 1 atom stereocenters. The highest BCUT2D eigenvalue weighted by Crippen LogP contribution is 2.15. The number of benzene rings is 1. The average Bonchev–Trinajstić information content (AvgIpc) is 3.02. The summed E-state index contributed by atoms with van der Waals surface area (Å²) < 4.78 is 4.69. The van der Waals surface area contributed by atoms with Crippen molar-refractivity contribution in [2.75, 3.05) is 0 Å². The second-order valence-corrected chi connectivity index (χ2v) is 4.23. The van der Waals surface area contributed by atoms with Gasteiger partial charge < -0.3 is 10.2 Å². The molecule has 0 radical (unpaired) electrons. The van der Waals surface area contributed by atoms with Gasteiger partial charge in [0, 0.05) is 0 Å². The fourth-order valence-corrected chi connectivity index (χ4v) is 1.62. The van der Waals surface area contributed by atoms with E-state index >= 15 is 0 Å². The largest absolute Gasteiger partial charge is 0.433 e. The van der Waals surface area contributed by atoms with Crippen molar-refractivity contribution >= 4 is 30.1 Å². The lowest BCUT2D eigenvalue weighted by molar-refractivity contribution is -0.402. The molecule has 4 N–H and O–H groups in total. The Morgan fingerprint density at radius 3 is 2.35 bits per heavy atom. The minimum atomic E-state index is -0.965. The van der Waals surface area contributed by atoms with Crippen molar-refractivity contribution in [3.8, 4) is 0 Å². The lowest BCUT2D eigenvalue weighted by Gasteiger charge is -2.12. The number of nitrogens with two attached hydrogens (primary N) is 1. The second-order valence-electron chi connectivity index (χ2n) is 4.23. The van der Waals surface area contributed by atoms with Crippen LogP contribution in [0.15, 0.2) is 46.9 Å². The molecule has 1 unspecified atom stereocenters. The maximum absolute atomic E-state index is 11.8. The monoisotopic (exact) mass is 340 g/mol. The van der Waals surface area contributed by atoms with Crippen LogP contribution in [0.4, 0.5) is 5.88 Å². The Labute approximate surface area is 136 Å². The summed E-state index contributed by atoms with van der Waals surface area (Å²) in [5.41, 5.74) is 10.5. The lowest BCUT2D eigenvalue weighted by atomic mass is 10.1. The lowest BCUT2D eigenvalue weighted by Crippen LogP contribution is -2.45. The summed E-state index contributed by atoms with van der Waals surface area (Å²) in [6, 6.07) is 9.76. The first-order valence-electron chi connectivity index (χ1n) is 6.14. The fraction of sp³-hybridized carbons (Fsp3) is 0.0769. The Balaban J connectivity index is 0.00000264. The van der Waals surface area contributed by atoms with E-state index in [0.717, 1.165) is 12.1 Å². The fourth-order valence-electron chi connectivity index (χ4n) is 1.62. The number of furan rings is 1. The third kappa shape index (κ3) is 4.53. The predicted octanol–water partition coefficient (Wildman–Crippen LogP) is 1.07. The summed E-state index contributed by atoms with van der Waals surface area (Å²) in [6.07, 6.45) is 0. The van der Waals surface area contributed by atoms with Gasteiger partial charge in [-0.1, -0.05) is 30.3 Å². The quantitative estimate of drug-likeness (QED) is 0.561. The second kappa shape index (κ2) is 7.92. The average molecular weight is 341 g/mol. The normalized spacial score (nSPS) is 11.0. The van der Waals surface area contributed by atoms with E-state index in [1.807, 2.05) is 0 Å². The molecule has 0 fully saturated rings. The molecule has 0 saturated carbocycles. The smallest absolute Gasteiger partial charge is 0.395 e. The van der Waals surface area contributed by atoms with Crippen LogP contribution < -0.4 is 16.6 Å². The molecule has 2 aromatic rings. The van der Waals surface area contributed by atoms with Crippen LogP contribution in [0.25, 0.3) is 0 Å². The molecule has 10 heteroatoms. The zero-order valence-electron chi connectivity index (χ0n) is 11.6. The molecule has 0 aliphatic rings. The standard InChI is InChI=1S/C13H12N4O5.ClH/c14-11(8-4-2-1-3-5-8)13(19)16-15-12(18)9-6-7-10(22-9)17(20)21;/h1-7,11H,14H2,(H,15,18)(H,16,19);1H. The van der Waals surface area contributed by atoms with Gasteiger partial charge in [-0.15, -0.1) is 12.4 Å². The maximum atomic E-state index is 11.8. The van der Waals surface area contributed by atoms with Gasteiger partial charge in [0.25, 0.3) is 5.91 Å². The van der Waals surface area contributed by atoms with Crippen molar-refractivity contribution in [2.24, 2.45) is 5.73 Å². The van der Waals surface area contributed by atoms with Crippen LogP contribution in [0.2, 0.25) is 0 Å². The minimum absolute atomic E-state index is 0. The van der Waals surface area contributed by atoms with Crippen LogP contribution in [-0.4, -0.2) is 16.7 Å². The summed E-state index contributed by atoms with van der Waals surface area (Å²) in [4.78, 5) is 33.1. The molecule has 0 spiro atoms. The van der Waals surface area contributed by atoms with E-state index in [1.54, 1.807) is 30.3 Å². The van der Waals surface area contributed by atoms with Crippen LogP contribution in [0.5, 0.6) is 0 Å². The number of amides is 2. The van der Waals surface area contributed by atoms with Gasteiger partial charge in [0.2, 0.25) is 5.76 Å². The Kier molecular flexibility index (Phi) is 6.24. The van der Waals surface area contributed by atoms with Gasteiger partial charge in [-0.05, 0) is 11.6 Å². The van der Waals surface area contributed by atoms with E-state index in [-0.39, 0.29) is 18.2 Å². The van der Waals surface area contributed by atoms with Crippen LogP contribution in [0, 0.1) is 10.1 Å². The molecular weight excluding hydrogens is 328 g/mol. The number of carbonyl (C=O) groups is 2. The number of rotatable bonds is 4. The first kappa shape index (κ1) is 18.1. The zero-order chi connectivity index (χ0) is 16.1. The number of nitrogens with zero attached hydrogens (tertiary/aromatic N) is 1. The Morgan fingerprint density at radius 1 is 1.13 bits per heavy atom. The van der Waals surface area contributed by atoms with Gasteiger partial charge in [-0.25, -0.2) is 0 Å². The Morgan fingerprint density at radius 2 is 1.78 bits per heavy atom. The molecule has 2 rings (SSSR count). The number of halogens is 1. The summed E-state index contributed by atoms with van der Waals surface area (Å²) in [6.45, 7) is 0. The molecule has 9 nitrogen and oxygen atoms in total. The SMILES string of the molecule is Cl.NC(C(=O)NNC(=O)c1ccc([N+](=O)[O-])o1)c1ccccc1. The van der Waals surface area contributed by atoms with Gasteiger partial charge >= 0.3 is 11.8 Å². The third-order valence-electron chi connectivity index (χ3n) is 2.74. The first-order chi connectivity index (χ1) is 10.5. The van der Waals surface area contributed by atoms with E-state index in [2.05, 4.69) is 10.9 Å². The third-order valence-corrected chi connectivity index (χ3v) is 2.74. The van der Waals surface area contributed by atoms with Gasteiger partial charge in [0.05, 0.1) is 6.07 Å². The van der Waals surface area contributed by atoms with Crippen molar-refractivity contribution in [1.82, 2.24) is 10.9 Å². The van der Waals surface area contributed by atoms with Gasteiger partial charge in [-0.2, -0.15) is 0 Å². The molecule has 0 bridgehead atoms. The topological polar surface area (TPSA) is 140 Å². The molecule has 122 valence electrons. The van der Waals surface area contributed by atoms with Crippen LogP contribution in [-0.2, 0) is 4.79 Å². The van der Waals surface area contributed by atoms with Crippen LogP contribution in [0.3, 0.4) is 0 Å². The molecular formula is C13H13ClN4O5. The van der Waals surface area contributed by atoms with Crippen LogP contribution >= 0.6 is 12.4 Å². The van der Waals surface area contributed by atoms with Crippen LogP contribution in [0.1, 0.15) is 22.2 Å². The molecule has 0 saturated heterocycles. The first-order valence-corrected chi connectivity index (χ1v) is 6.14. The number of hydrogen-bond acceptors (Lipinski definition) is 6. The van der Waals surface area contributed by atoms with Crippen molar-refractivity contribution < 1.29 is 18.9 Å². The Hall–Kier alpha value is -2.91. The summed E-state index contributed by atoms with van der Waals surface area (Å²) >= 11 is 0. The number of hydrazine groups is 1. The molecule has 1 aromatic heterocycles. The summed E-state index contributed by atoms with van der Waals surface area (Å²) in [5.74, 6) is -2.35. The zero-order valence-corrected chi connectivity index (χ0v) is 12.4. The number of nitro groups is 1. The van der Waals surface area contributed by atoms with E-state index in [4.69, 9.17) is 10.2 Å². The van der Waals surface area contributed by atoms with E-state index in [1.165, 1.54) is 0 Å². The highest BCUT2D eigenvalue weighted by atomic mass is 35.5. The molecule has 0 aliphatic heterocycles. The minimum Gasteiger partial charge on any atom is -0.395 e. The number of hydrogen-bond donors (Lipinski definition) is 3. The molecule has 1 aromatic carbocycles. The van der Waals surface area contributed by atoms with Gasteiger partial charge in [0.1, 0.15) is 11.0 Å². The van der Waals surface area contributed by atoms with Crippen molar-refractivity contribution in [3.05, 3.63) is 63.9 Å². The Bertz CT molecular complexity index is 703. The molecule has 0 aliphatic carbocycles. The number of nitrogens with one attached hydrogen (secondary N) is 2. The van der Waals surface area contributed by atoms with Crippen molar-refractivity contribution in [2.45, 2.75) is 6.04 Å². The van der Waals surface area contributed by atoms with E-state index < -0.39 is 28.7 Å². The highest BCUT2D eigenvalue weighted by Gasteiger charge is 2.19. The van der Waals surface area contributed by atoms with E-state index in [9.17, 15) is 19.7 Å². The van der Waals surface area contributed by atoms with Crippen molar-refractivity contribution in [3.63, 3.8) is 0 Å². The number of carbonyl (C=O) groups excluding carboxylic acids is 2. The maximum Gasteiger partial charge on any atom is 0.433 e. The predicted molar refractivity (Wildman–Crippen MR) is 81.6 cm³/mol. The molecule has 2 amide bonds. The highest BCUT2D eigenvalue weighted by molar-refractivity contribution is 5.94. The van der Waals surface area contributed by atoms with Crippen molar-refractivity contribution in [1.29, 1.82) is 0 Å². The summed E-state index contributed by atoms with van der Waals surface area (Å²) in [7, 11) is 0. The van der Waals surface area contributed by atoms with Gasteiger partial charge in [0.15, 0.2) is 0 Å². The van der Waals surface area contributed by atoms with Gasteiger partial charge in [-0.3, -0.25) is 30.6 Å².